The van der Waals surface area contributed by atoms with E-state index in [-0.39, 0.29) is 17.3 Å². The van der Waals surface area contributed by atoms with Crippen molar-refractivity contribution in [2.24, 2.45) is 5.92 Å². The van der Waals surface area contributed by atoms with Crippen molar-refractivity contribution in [2.75, 3.05) is 11.5 Å². The molecule has 8 nitrogen and oxygen atoms in total. The minimum absolute atomic E-state index is 0.0475. The standard InChI is InChI=1S/C23H18BrN5O3S/c1-2-32-23(31)19-18(13-28(27-19)15-6-4-3-5-7-15)20-26-21(30)17(12-25)22(33)29(20)16-10-8-14(24)9-11-16/h3-11,13,17,20H,2H2,1H3,(H,26,30)/t17-,20-/m0/s1. The van der Waals surface area contributed by atoms with Gasteiger partial charge in [0, 0.05) is 21.9 Å². The van der Waals surface area contributed by atoms with Crippen LogP contribution in [0.5, 0.6) is 0 Å². The van der Waals surface area contributed by atoms with Crippen LogP contribution in [0.3, 0.4) is 0 Å². The summed E-state index contributed by atoms with van der Waals surface area (Å²) in [5.74, 6) is -2.31. The smallest absolute Gasteiger partial charge is 0.359 e. The van der Waals surface area contributed by atoms with Crippen LogP contribution < -0.4 is 10.2 Å². The molecule has 0 bridgehead atoms. The molecule has 1 amide bonds. The van der Waals surface area contributed by atoms with E-state index in [0.717, 1.165) is 10.2 Å². The number of amides is 1. The summed E-state index contributed by atoms with van der Waals surface area (Å²) in [7, 11) is 0. The number of carbonyl (C=O) groups excluding carboxylic acids is 2. The van der Waals surface area contributed by atoms with E-state index >= 15 is 0 Å². The molecule has 4 rings (SSSR count). The molecule has 0 unspecified atom stereocenters. The largest absolute Gasteiger partial charge is 0.461 e. The monoisotopic (exact) mass is 523 g/mol. The maximum Gasteiger partial charge on any atom is 0.359 e. The van der Waals surface area contributed by atoms with E-state index in [0.29, 0.717) is 11.3 Å². The Labute approximate surface area is 203 Å². The first-order valence-corrected chi connectivity index (χ1v) is 11.3. The summed E-state index contributed by atoms with van der Waals surface area (Å²) in [6.07, 6.45) is 0.792. The number of para-hydroxylation sites is 1. The van der Waals surface area contributed by atoms with Gasteiger partial charge in [0.2, 0.25) is 5.91 Å². The van der Waals surface area contributed by atoms with Crippen molar-refractivity contribution >= 4 is 50.7 Å². The summed E-state index contributed by atoms with van der Waals surface area (Å²) in [6.45, 7) is 1.87. The summed E-state index contributed by atoms with van der Waals surface area (Å²) < 4.78 is 7.63. The molecular weight excluding hydrogens is 506 g/mol. The predicted octanol–water partition coefficient (Wildman–Crippen LogP) is 3.91. The third kappa shape index (κ3) is 4.37. The molecule has 1 aliphatic heterocycles. The topological polar surface area (TPSA) is 100 Å². The number of carbonyl (C=O) groups is 2. The van der Waals surface area contributed by atoms with Gasteiger partial charge in [-0.3, -0.25) is 4.79 Å². The molecule has 1 N–H and O–H groups in total. The van der Waals surface area contributed by atoms with E-state index in [1.165, 1.54) is 0 Å². The van der Waals surface area contributed by atoms with Crippen LogP contribution in [0.25, 0.3) is 5.69 Å². The number of nitrogens with one attached hydrogen (secondary N) is 1. The van der Waals surface area contributed by atoms with Gasteiger partial charge in [-0.05, 0) is 43.3 Å². The summed E-state index contributed by atoms with van der Waals surface area (Å²) in [6, 6.07) is 18.5. The van der Waals surface area contributed by atoms with E-state index in [1.54, 1.807) is 34.8 Å². The van der Waals surface area contributed by atoms with E-state index in [4.69, 9.17) is 17.0 Å². The molecule has 2 aromatic carbocycles. The Morgan fingerprint density at radius 1 is 1.21 bits per heavy atom. The van der Waals surface area contributed by atoms with Gasteiger partial charge in [0.05, 0.1) is 18.4 Å². The number of esters is 1. The third-order valence-electron chi connectivity index (χ3n) is 5.04. The number of aromatic nitrogens is 2. The minimum atomic E-state index is -1.14. The zero-order valence-electron chi connectivity index (χ0n) is 17.4. The van der Waals surface area contributed by atoms with Crippen molar-refractivity contribution in [1.82, 2.24) is 15.1 Å². The number of rotatable bonds is 5. The number of benzene rings is 2. The van der Waals surface area contributed by atoms with E-state index in [9.17, 15) is 14.9 Å². The van der Waals surface area contributed by atoms with E-state index < -0.39 is 24.0 Å². The fraction of sp³-hybridized carbons (Fsp3) is 0.174. The van der Waals surface area contributed by atoms with Gasteiger partial charge in [-0.1, -0.05) is 46.3 Å². The molecule has 33 heavy (non-hydrogen) atoms. The van der Waals surface area contributed by atoms with Crippen LogP contribution in [0.4, 0.5) is 5.69 Å². The highest BCUT2D eigenvalue weighted by molar-refractivity contribution is 9.10. The highest BCUT2D eigenvalue weighted by Crippen LogP contribution is 2.34. The number of halogens is 1. The molecule has 1 fully saturated rings. The lowest BCUT2D eigenvalue weighted by atomic mass is 10.0. The normalized spacial score (nSPS) is 17.9. The lowest BCUT2D eigenvalue weighted by molar-refractivity contribution is -0.123. The molecule has 1 aliphatic rings. The predicted molar refractivity (Wildman–Crippen MR) is 129 cm³/mol. The highest BCUT2D eigenvalue weighted by atomic mass is 79.9. The van der Waals surface area contributed by atoms with Crippen molar-refractivity contribution in [3.8, 4) is 11.8 Å². The Bertz CT molecular complexity index is 1250. The maximum atomic E-state index is 12.8. The first-order chi connectivity index (χ1) is 15.9. The Morgan fingerprint density at radius 3 is 2.55 bits per heavy atom. The van der Waals surface area contributed by atoms with Crippen LogP contribution in [0.2, 0.25) is 0 Å². The van der Waals surface area contributed by atoms with Crippen LogP contribution >= 0.6 is 28.1 Å². The molecule has 1 aromatic heterocycles. The lowest BCUT2D eigenvalue weighted by Gasteiger charge is -2.39. The zero-order valence-corrected chi connectivity index (χ0v) is 19.8. The minimum Gasteiger partial charge on any atom is -0.461 e. The van der Waals surface area contributed by atoms with Crippen LogP contribution in [-0.4, -0.2) is 33.3 Å². The van der Waals surface area contributed by atoms with Gasteiger partial charge >= 0.3 is 5.97 Å². The van der Waals surface area contributed by atoms with Crippen LogP contribution in [0.15, 0.2) is 65.3 Å². The molecule has 0 aliphatic carbocycles. The molecule has 0 radical (unpaired) electrons. The Balaban J connectivity index is 1.88. The second-order valence-corrected chi connectivity index (χ2v) is 8.43. The average Bonchev–Trinajstić information content (AvgIpc) is 3.26. The van der Waals surface area contributed by atoms with Gasteiger partial charge in [-0.25, -0.2) is 9.48 Å². The van der Waals surface area contributed by atoms with Crippen molar-refractivity contribution in [2.45, 2.75) is 13.1 Å². The maximum absolute atomic E-state index is 12.8. The van der Waals surface area contributed by atoms with Crippen LogP contribution in [0.1, 0.15) is 29.1 Å². The van der Waals surface area contributed by atoms with Crippen molar-refractivity contribution < 1.29 is 14.3 Å². The summed E-state index contributed by atoms with van der Waals surface area (Å²) in [5.41, 5.74) is 1.82. The number of thiocarbonyl (C=S) groups is 1. The third-order valence-corrected chi connectivity index (χ3v) is 6.01. The van der Waals surface area contributed by atoms with Crippen LogP contribution in [-0.2, 0) is 9.53 Å². The number of anilines is 1. The molecule has 0 saturated carbocycles. The number of nitriles is 1. The number of ether oxygens (including phenoxy) is 1. The average molecular weight is 524 g/mol. The van der Waals surface area contributed by atoms with Gasteiger partial charge < -0.3 is 15.0 Å². The summed E-state index contributed by atoms with van der Waals surface area (Å²) in [4.78, 5) is 27.3. The number of hydrogen-bond donors (Lipinski definition) is 1. The first kappa shape index (κ1) is 22.6. The molecule has 1 saturated heterocycles. The Morgan fingerprint density at radius 2 is 1.91 bits per heavy atom. The molecule has 3 aromatic rings. The molecule has 10 heteroatoms. The van der Waals surface area contributed by atoms with Gasteiger partial charge in [-0.15, -0.1) is 0 Å². The lowest BCUT2D eigenvalue weighted by Crippen LogP contribution is -2.55. The van der Waals surface area contributed by atoms with Gasteiger partial charge in [-0.2, -0.15) is 10.4 Å². The molecule has 0 spiro atoms. The molecule has 2 atom stereocenters. The highest BCUT2D eigenvalue weighted by Gasteiger charge is 2.42. The van der Waals surface area contributed by atoms with Crippen molar-refractivity contribution in [3.05, 3.63) is 76.5 Å². The zero-order chi connectivity index (χ0) is 23.5. The van der Waals surface area contributed by atoms with Crippen molar-refractivity contribution in [1.29, 1.82) is 5.26 Å². The fourth-order valence-electron chi connectivity index (χ4n) is 3.53. The second-order valence-electron chi connectivity index (χ2n) is 7.09. The second kappa shape index (κ2) is 9.52. The molecule has 2 heterocycles. The number of hydrogen-bond acceptors (Lipinski definition) is 6. The van der Waals surface area contributed by atoms with Gasteiger partial charge in [0.15, 0.2) is 11.6 Å². The van der Waals surface area contributed by atoms with E-state index in [2.05, 4.69) is 26.3 Å². The Hall–Kier alpha value is -3.55. The molecule has 166 valence electrons. The van der Waals surface area contributed by atoms with Gasteiger partial charge in [0.1, 0.15) is 11.2 Å². The van der Waals surface area contributed by atoms with E-state index in [1.807, 2.05) is 48.5 Å². The SMILES string of the molecule is CCOC(=O)c1nn(-c2ccccc2)cc1[C@H]1NC(=O)[C@H](C#N)C(=S)N1c1ccc(Br)cc1. The van der Waals surface area contributed by atoms with Crippen molar-refractivity contribution in [3.63, 3.8) is 0 Å². The Kier molecular flexibility index (Phi) is 6.53. The summed E-state index contributed by atoms with van der Waals surface area (Å²) in [5, 5.41) is 16.8. The molecular formula is C23H18BrN5O3S. The van der Waals surface area contributed by atoms with Crippen LogP contribution in [0, 0.1) is 17.2 Å². The number of nitrogens with zero attached hydrogens (tertiary/aromatic N) is 4. The van der Waals surface area contributed by atoms with Gasteiger partial charge in [0.25, 0.3) is 0 Å². The summed E-state index contributed by atoms with van der Waals surface area (Å²) >= 11 is 8.97. The quantitative estimate of drug-likeness (QED) is 0.399. The fourth-order valence-corrected chi connectivity index (χ4v) is 4.16. The first-order valence-electron chi connectivity index (χ1n) is 10.0.